The fourth-order valence-electron chi connectivity index (χ4n) is 2.02. The average Bonchev–Trinajstić information content (AvgIpc) is 2.45. The minimum atomic E-state index is -0.0682. The lowest BCUT2D eigenvalue weighted by atomic mass is 10.1. The normalized spacial score (nSPS) is 12.0. The summed E-state index contributed by atoms with van der Waals surface area (Å²) >= 11 is 0. The number of methoxy groups -OCH3 is 1. The number of benzene rings is 1. The molecule has 0 saturated carbocycles. The topological polar surface area (TPSA) is 57.4 Å². The summed E-state index contributed by atoms with van der Waals surface area (Å²) in [5, 5.41) is 0. The van der Waals surface area contributed by atoms with Gasteiger partial charge in [0.2, 0.25) is 5.88 Å². The first-order valence-electron chi connectivity index (χ1n) is 6.58. The van der Waals surface area contributed by atoms with Gasteiger partial charge in [-0.25, -0.2) is 4.98 Å². The summed E-state index contributed by atoms with van der Waals surface area (Å²) in [4.78, 5) is 4.16. The van der Waals surface area contributed by atoms with Crippen molar-refractivity contribution in [2.75, 3.05) is 7.11 Å². The number of rotatable bonds is 5. The lowest BCUT2D eigenvalue weighted by Crippen LogP contribution is -2.08. The summed E-state index contributed by atoms with van der Waals surface area (Å²) in [6, 6.07) is 9.78. The first-order valence-corrected chi connectivity index (χ1v) is 6.58. The summed E-state index contributed by atoms with van der Waals surface area (Å²) < 4.78 is 11.1. The highest BCUT2D eigenvalue weighted by atomic mass is 16.5. The molecule has 0 bridgehead atoms. The summed E-state index contributed by atoms with van der Waals surface area (Å²) in [7, 11) is 1.60. The van der Waals surface area contributed by atoms with Crippen LogP contribution in [0.3, 0.4) is 0 Å². The van der Waals surface area contributed by atoms with Gasteiger partial charge in [0.05, 0.1) is 12.7 Å². The average molecular weight is 272 g/mol. The van der Waals surface area contributed by atoms with E-state index in [-0.39, 0.29) is 6.04 Å². The van der Waals surface area contributed by atoms with Gasteiger partial charge in [0.25, 0.3) is 0 Å². The highest BCUT2D eigenvalue weighted by Gasteiger charge is 2.10. The number of aromatic nitrogens is 1. The number of aryl methyl sites for hydroxylation is 1. The number of nitrogens with two attached hydrogens (primary N) is 1. The van der Waals surface area contributed by atoms with E-state index in [9.17, 15) is 0 Å². The van der Waals surface area contributed by atoms with E-state index in [1.165, 1.54) is 0 Å². The lowest BCUT2D eigenvalue weighted by Gasteiger charge is -2.15. The monoisotopic (exact) mass is 272 g/mol. The Morgan fingerprint density at radius 1 is 1.30 bits per heavy atom. The molecule has 2 N–H and O–H groups in total. The van der Waals surface area contributed by atoms with Crippen LogP contribution < -0.4 is 15.2 Å². The molecule has 0 aliphatic carbocycles. The van der Waals surface area contributed by atoms with Crippen LogP contribution in [-0.2, 0) is 6.61 Å². The number of nitrogens with zero attached hydrogens (tertiary/aromatic N) is 1. The van der Waals surface area contributed by atoms with Crippen molar-refractivity contribution < 1.29 is 9.47 Å². The van der Waals surface area contributed by atoms with Crippen molar-refractivity contribution in [2.24, 2.45) is 5.73 Å². The molecular weight excluding hydrogens is 252 g/mol. The van der Waals surface area contributed by atoms with Crippen molar-refractivity contribution in [1.29, 1.82) is 0 Å². The quantitative estimate of drug-likeness (QED) is 0.909. The SMILES string of the molecule is COc1ncccc1COc1cc(C)ccc1[C@@H](C)N. The number of pyridine rings is 1. The van der Waals surface area contributed by atoms with E-state index in [1.807, 2.05) is 44.2 Å². The molecule has 1 aromatic heterocycles. The zero-order valence-corrected chi connectivity index (χ0v) is 12.1. The van der Waals surface area contributed by atoms with Crippen molar-refractivity contribution in [3.8, 4) is 11.6 Å². The van der Waals surface area contributed by atoms with Gasteiger partial charge in [-0.1, -0.05) is 12.1 Å². The van der Waals surface area contributed by atoms with Gasteiger partial charge in [-0.3, -0.25) is 0 Å². The molecule has 0 aliphatic heterocycles. The molecular formula is C16H20N2O2. The Hall–Kier alpha value is -2.07. The van der Waals surface area contributed by atoms with Crippen LogP contribution in [0.15, 0.2) is 36.5 Å². The highest BCUT2D eigenvalue weighted by Crippen LogP contribution is 2.26. The maximum atomic E-state index is 5.97. The van der Waals surface area contributed by atoms with Gasteiger partial charge in [-0.15, -0.1) is 0 Å². The zero-order chi connectivity index (χ0) is 14.5. The Morgan fingerprint density at radius 3 is 2.80 bits per heavy atom. The van der Waals surface area contributed by atoms with Crippen molar-refractivity contribution in [3.63, 3.8) is 0 Å². The smallest absolute Gasteiger partial charge is 0.219 e. The summed E-state index contributed by atoms with van der Waals surface area (Å²) in [6.45, 7) is 4.38. The van der Waals surface area contributed by atoms with Crippen LogP contribution in [0.4, 0.5) is 0 Å². The Kier molecular flexibility index (Phi) is 4.58. The second-order valence-electron chi connectivity index (χ2n) is 4.79. The third-order valence-electron chi connectivity index (χ3n) is 3.09. The van der Waals surface area contributed by atoms with Gasteiger partial charge in [0.1, 0.15) is 12.4 Å². The molecule has 20 heavy (non-hydrogen) atoms. The molecule has 0 unspecified atom stereocenters. The summed E-state index contributed by atoms with van der Waals surface area (Å²) in [5.41, 5.74) is 9.02. The van der Waals surface area contributed by atoms with Gasteiger partial charge in [0.15, 0.2) is 0 Å². The fourth-order valence-corrected chi connectivity index (χ4v) is 2.02. The Morgan fingerprint density at radius 2 is 2.10 bits per heavy atom. The Labute approximate surface area is 119 Å². The van der Waals surface area contributed by atoms with Crippen LogP contribution in [0.2, 0.25) is 0 Å². The molecule has 0 radical (unpaired) electrons. The second-order valence-corrected chi connectivity index (χ2v) is 4.79. The van der Waals surface area contributed by atoms with Gasteiger partial charge >= 0.3 is 0 Å². The van der Waals surface area contributed by atoms with E-state index < -0.39 is 0 Å². The fraction of sp³-hybridized carbons (Fsp3) is 0.312. The summed E-state index contributed by atoms with van der Waals surface area (Å²) in [6.07, 6.45) is 1.70. The number of hydrogen-bond acceptors (Lipinski definition) is 4. The van der Waals surface area contributed by atoms with Crippen LogP contribution in [-0.4, -0.2) is 12.1 Å². The van der Waals surface area contributed by atoms with Crippen molar-refractivity contribution in [3.05, 3.63) is 53.2 Å². The van der Waals surface area contributed by atoms with Gasteiger partial charge < -0.3 is 15.2 Å². The maximum Gasteiger partial charge on any atom is 0.219 e. The summed E-state index contributed by atoms with van der Waals surface area (Å²) in [5.74, 6) is 1.40. The molecule has 106 valence electrons. The molecule has 2 rings (SSSR count). The van der Waals surface area contributed by atoms with E-state index in [4.69, 9.17) is 15.2 Å². The lowest BCUT2D eigenvalue weighted by molar-refractivity contribution is 0.290. The van der Waals surface area contributed by atoms with E-state index in [0.717, 1.165) is 22.4 Å². The molecule has 2 aromatic rings. The van der Waals surface area contributed by atoms with E-state index in [2.05, 4.69) is 4.98 Å². The number of hydrogen-bond donors (Lipinski definition) is 1. The molecule has 0 fully saturated rings. The van der Waals surface area contributed by atoms with Crippen molar-refractivity contribution >= 4 is 0 Å². The second kappa shape index (κ2) is 6.39. The van der Waals surface area contributed by atoms with Crippen LogP contribution in [0.1, 0.15) is 29.7 Å². The highest BCUT2D eigenvalue weighted by molar-refractivity contribution is 5.39. The van der Waals surface area contributed by atoms with Crippen LogP contribution in [0.5, 0.6) is 11.6 Å². The van der Waals surface area contributed by atoms with Crippen molar-refractivity contribution in [2.45, 2.75) is 26.5 Å². The molecule has 0 spiro atoms. The molecule has 4 nitrogen and oxygen atoms in total. The zero-order valence-electron chi connectivity index (χ0n) is 12.1. The van der Waals surface area contributed by atoms with Crippen LogP contribution in [0, 0.1) is 6.92 Å². The molecule has 0 amide bonds. The minimum absolute atomic E-state index is 0.0682. The predicted molar refractivity (Wildman–Crippen MR) is 78.9 cm³/mol. The first-order chi connectivity index (χ1) is 9.61. The van der Waals surface area contributed by atoms with E-state index in [0.29, 0.717) is 12.5 Å². The molecule has 1 aromatic carbocycles. The predicted octanol–water partition coefficient (Wildman–Crippen LogP) is 3.00. The van der Waals surface area contributed by atoms with Crippen LogP contribution in [0.25, 0.3) is 0 Å². The number of ether oxygens (including phenoxy) is 2. The van der Waals surface area contributed by atoms with Gasteiger partial charge in [-0.2, -0.15) is 0 Å². The Balaban J connectivity index is 2.20. The first kappa shape index (κ1) is 14.3. The molecule has 0 saturated heterocycles. The maximum absolute atomic E-state index is 5.97. The van der Waals surface area contributed by atoms with Crippen LogP contribution >= 0.6 is 0 Å². The molecule has 1 atom stereocenters. The van der Waals surface area contributed by atoms with E-state index >= 15 is 0 Å². The van der Waals surface area contributed by atoms with Crippen molar-refractivity contribution in [1.82, 2.24) is 4.98 Å². The Bertz CT molecular complexity index is 582. The third kappa shape index (κ3) is 3.27. The van der Waals surface area contributed by atoms with Gasteiger partial charge in [0, 0.05) is 17.8 Å². The molecule has 1 heterocycles. The van der Waals surface area contributed by atoms with E-state index in [1.54, 1.807) is 13.3 Å². The minimum Gasteiger partial charge on any atom is -0.488 e. The standard InChI is InChI=1S/C16H20N2O2/c1-11-6-7-14(12(2)17)15(9-11)20-10-13-5-4-8-18-16(13)19-3/h4-9,12H,10,17H2,1-3H3/t12-/m1/s1. The third-order valence-corrected chi connectivity index (χ3v) is 3.09. The largest absolute Gasteiger partial charge is 0.488 e. The van der Waals surface area contributed by atoms with Gasteiger partial charge in [-0.05, 0) is 37.6 Å². The molecule has 0 aliphatic rings. The molecule has 4 heteroatoms.